The summed E-state index contributed by atoms with van der Waals surface area (Å²) in [4.78, 5) is 12.4. The van der Waals surface area contributed by atoms with E-state index in [1.54, 1.807) is 7.11 Å². The molecule has 0 fully saturated rings. The zero-order chi connectivity index (χ0) is 16.8. The summed E-state index contributed by atoms with van der Waals surface area (Å²) in [6.07, 6.45) is 0.317. The van der Waals surface area contributed by atoms with Crippen LogP contribution in [-0.4, -0.2) is 13.0 Å². The predicted octanol–water partition coefficient (Wildman–Crippen LogP) is 3.63. The lowest BCUT2D eigenvalue weighted by Gasteiger charge is -2.13. The minimum atomic E-state index is -0.770. The number of carbonyl (C=O) groups is 1. The Bertz CT molecular complexity index is 747. The van der Waals surface area contributed by atoms with Crippen LogP contribution in [0.4, 0.5) is 5.69 Å². The Morgan fingerprint density at radius 1 is 1.22 bits per heavy atom. The minimum absolute atomic E-state index is 0.304. The zero-order valence-corrected chi connectivity index (χ0v) is 13.6. The number of methoxy groups -OCH3 is 1. The van der Waals surface area contributed by atoms with E-state index < -0.39 is 5.92 Å². The molecule has 0 aliphatic carbocycles. The van der Waals surface area contributed by atoms with E-state index in [-0.39, 0.29) is 5.91 Å². The second-order valence-electron chi connectivity index (χ2n) is 5.49. The van der Waals surface area contributed by atoms with Crippen LogP contribution < -0.4 is 10.1 Å². The van der Waals surface area contributed by atoms with Crippen molar-refractivity contribution >= 4 is 11.6 Å². The molecule has 0 aliphatic heterocycles. The van der Waals surface area contributed by atoms with Gasteiger partial charge in [-0.05, 0) is 48.7 Å². The van der Waals surface area contributed by atoms with Crippen LogP contribution in [0.15, 0.2) is 42.5 Å². The number of aryl methyl sites for hydroxylation is 2. The second-order valence-corrected chi connectivity index (χ2v) is 5.49. The van der Waals surface area contributed by atoms with Gasteiger partial charge in [0.05, 0.1) is 13.2 Å². The van der Waals surface area contributed by atoms with Gasteiger partial charge >= 0.3 is 0 Å². The van der Waals surface area contributed by atoms with Crippen LogP contribution in [-0.2, 0) is 11.2 Å². The second kappa shape index (κ2) is 7.46. The summed E-state index contributed by atoms with van der Waals surface area (Å²) >= 11 is 0. The molecule has 0 spiro atoms. The van der Waals surface area contributed by atoms with Gasteiger partial charge in [0.1, 0.15) is 11.7 Å². The first-order chi connectivity index (χ1) is 11.0. The van der Waals surface area contributed by atoms with Crippen LogP contribution in [0.5, 0.6) is 5.75 Å². The van der Waals surface area contributed by atoms with E-state index in [9.17, 15) is 10.1 Å². The van der Waals surface area contributed by atoms with Gasteiger partial charge in [-0.3, -0.25) is 4.79 Å². The molecule has 0 saturated carbocycles. The summed E-state index contributed by atoms with van der Waals surface area (Å²) in [5, 5.41) is 12.2. The molecule has 0 saturated heterocycles. The number of para-hydroxylation sites is 1. The van der Waals surface area contributed by atoms with Crippen LogP contribution in [0.25, 0.3) is 0 Å². The van der Waals surface area contributed by atoms with Gasteiger partial charge in [0, 0.05) is 12.1 Å². The van der Waals surface area contributed by atoms with E-state index in [1.807, 2.05) is 56.3 Å². The van der Waals surface area contributed by atoms with Crippen LogP contribution in [0.3, 0.4) is 0 Å². The highest BCUT2D eigenvalue weighted by atomic mass is 16.5. The Morgan fingerprint density at radius 3 is 2.61 bits per heavy atom. The molecule has 2 rings (SSSR count). The smallest absolute Gasteiger partial charge is 0.242 e. The number of nitrogens with zero attached hydrogens (tertiary/aromatic N) is 1. The average molecular weight is 308 g/mol. The van der Waals surface area contributed by atoms with Crippen molar-refractivity contribution in [3.8, 4) is 11.8 Å². The molecule has 0 aliphatic rings. The summed E-state index contributed by atoms with van der Waals surface area (Å²) in [7, 11) is 1.58. The van der Waals surface area contributed by atoms with E-state index in [4.69, 9.17) is 4.74 Å². The molecule has 1 atom stereocenters. The van der Waals surface area contributed by atoms with Crippen molar-refractivity contribution in [1.82, 2.24) is 0 Å². The fraction of sp³-hybridized carbons (Fsp3) is 0.263. The first-order valence-electron chi connectivity index (χ1n) is 7.44. The van der Waals surface area contributed by atoms with E-state index >= 15 is 0 Å². The zero-order valence-electron chi connectivity index (χ0n) is 13.6. The van der Waals surface area contributed by atoms with E-state index in [1.165, 1.54) is 0 Å². The third-order valence-corrected chi connectivity index (χ3v) is 3.86. The molecule has 0 heterocycles. The third kappa shape index (κ3) is 4.10. The van der Waals surface area contributed by atoms with Gasteiger partial charge < -0.3 is 10.1 Å². The minimum Gasteiger partial charge on any atom is -0.496 e. The Morgan fingerprint density at radius 2 is 1.96 bits per heavy atom. The van der Waals surface area contributed by atoms with Gasteiger partial charge in [-0.1, -0.05) is 24.3 Å². The van der Waals surface area contributed by atoms with Crippen LogP contribution >= 0.6 is 0 Å². The molecule has 4 heteroatoms. The van der Waals surface area contributed by atoms with E-state index in [0.717, 1.165) is 16.7 Å². The first kappa shape index (κ1) is 16.6. The number of rotatable bonds is 5. The highest BCUT2D eigenvalue weighted by molar-refractivity contribution is 5.94. The fourth-order valence-electron chi connectivity index (χ4n) is 2.34. The molecule has 2 aromatic rings. The molecular formula is C19H20N2O2. The Hall–Kier alpha value is -2.80. The molecule has 0 bridgehead atoms. The van der Waals surface area contributed by atoms with Crippen molar-refractivity contribution in [1.29, 1.82) is 5.26 Å². The molecule has 4 nitrogen and oxygen atoms in total. The van der Waals surface area contributed by atoms with Crippen molar-refractivity contribution < 1.29 is 9.53 Å². The molecule has 1 amide bonds. The van der Waals surface area contributed by atoms with Gasteiger partial charge in [0.25, 0.3) is 0 Å². The molecule has 23 heavy (non-hydrogen) atoms. The molecule has 1 unspecified atom stereocenters. The molecular weight excluding hydrogens is 288 g/mol. The Labute approximate surface area is 136 Å². The van der Waals surface area contributed by atoms with Crippen LogP contribution in [0, 0.1) is 31.1 Å². The maximum Gasteiger partial charge on any atom is 0.242 e. The summed E-state index contributed by atoms with van der Waals surface area (Å²) < 4.78 is 5.28. The molecule has 1 N–H and O–H groups in total. The van der Waals surface area contributed by atoms with Gasteiger partial charge in [0.15, 0.2) is 0 Å². The van der Waals surface area contributed by atoms with Gasteiger partial charge in [-0.15, -0.1) is 0 Å². The lowest BCUT2D eigenvalue weighted by molar-refractivity contribution is -0.118. The highest BCUT2D eigenvalue weighted by Crippen LogP contribution is 2.22. The normalized spacial score (nSPS) is 11.4. The maximum atomic E-state index is 12.4. The van der Waals surface area contributed by atoms with Gasteiger partial charge in [0.2, 0.25) is 5.91 Å². The third-order valence-electron chi connectivity index (χ3n) is 3.86. The molecule has 118 valence electrons. The number of nitriles is 1. The Balaban J connectivity index is 2.12. The number of benzene rings is 2. The van der Waals surface area contributed by atoms with Gasteiger partial charge in [-0.25, -0.2) is 0 Å². The topological polar surface area (TPSA) is 62.1 Å². The number of anilines is 1. The lowest BCUT2D eigenvalue weighted by Crippen LogP contribution is -2.23. The van der Waals surface area contributed by atoms with Crippen LogP contribution in [0.2, 0.25) is 0 Å². The van der Waals surface area contributed by atoms with E-state index in [2.05, 4.69) is 11.4 Å². The van der Waals surface area contributed by atoms with Crippen molar-refractivity contribution in [3.63, 3.8) is 0 Å². The predicted molar refractivity (Wildman–Crippen MR) is 90.3 cm³/mol. The molecule has 2 aromatic carbocycles. The van der Waals surface area contributed by atoms with E-state index in [0.29, 0.717) is 17.9 Å². The van der Waals surface area contributed by atoms with Crippen molar-refractivity contribution in [2.24, 2.45) is 5.92 Å². The Kier molecular flexibility index (Phi) is 5.37. The maximum absolute atomic E-state index is 12.4. The average Bonchev–Trinajstić information content (AvgIpc) is 2.56. The number of carbonyl (C=O) groups excluding carboxylic acids is 1. The van der Waals surface area contributed by atoms with Crippen LogP contribution in [0.1, 0.15) is 16.7 Å². The summed E-state index contributed by atoms with van der Waals surface area (Å²) in [5.41, 5.74) is 3.81. The largest absolute Gasteiger partial charge is 0.496 e. The molecule has 0 radical (unpaired) electrons. The lowest BCUT2D eigenvalue weighted by atomic mass is 9.99. The number of hydrogen-bond donors (Lipinski definition) is 1. The molecule has 0 aromatic heterocycles. The van der Waals surface area contributed by atoms with Crippen molar-refractivity contribution in [2.45, 2.75) is 20.3 Å². The SMILES string of the molecule is COc1ccccc1CC(C#N)C(=O)Nc1ccc(C)c(C)c1. The summed E-state index contributed by atoms with van der Waals surface area (Å²) in [6, 6.07) is 15.2. The monoisotopic (exact) mass is 308 g/mol. The number of ether oxygens (including phenoxy) is 1. The quantitative estimate of drug-likeness (QED) is 0.917. The van der Waals surface area contributed by atoms with Crippen molar-refractivity contribution in [2.75, 3.05) is 12.4 Å². The highest BCUT2D eigenvalue weighted by Gasteiger charge is 2.20. The van der Waals surface area contributed by atoms with Gasteiger partial charge in [-0.2, -0.15) is 5.26 Å². The summed E-state index contributed by atoms with van der Waals surface area (Å²) in [5.74, 6) is -0.388. The standard InChI is InChI=1S/C19H20N2O2/c1-13-8-9-17(10-14(13)2)21-19(22)16(12-20)11-15-6-4-5-7-18(15)23-3/h4-10,16H,11H2,1-3H3,(H,21,22). The number of nitrogens with one attached hydrogen (secondary N) is 1. The van der Waals surface area contributed by atoms with Crippen molar-refractivity contribution in [3.05, 3.63) is 59.2 Å². The first-order valence-corrected chi connectivity index (χ1v) is 7.44. The summed E-state index contributed by atoms with van der Waals surface area (Å²) in [6.45, 7) is 4.00. The fourth-order valence-corrected chi connectivity index (χ4v) is 2.34. The number of amides is 1. The number of hydrogen-bond acceptors (Lipinski definition) is 3.